The molecule has 27 nitrogen and oxygen atoms in total. The van der Waals surface area contributed by atoms with Gasteiger partial charge in [0.15, 0.2) is 29.7 Å². The van der Waals surface area contributed by atoms with E-state index in [4.69, 9.17) is 81.2 Å². The molecule has 2 fully saturated rings. The lowest BCUT2D eigenvalue weighted by molar-refractivity contribution is -0.334. The summed E-state index contributed by atoms with van der Waals surface area (Å²) in [5, 5.41) is 129. The summed E-state index contributed by atoms with van der Waals surface area (Å²) in [4.78, 5) is 88.7. The Morgan fingerprint density at radius 2 is 1.32 bits per heavy atom. The Morgan fingerprint density at radius 3 is 1.93 bits per heavy atom. The van der Waals surface area contributed by atoms with Crippen molar-refractivity contribution in [3.05, 3.63) is 176 Å². The summed E-state index contributed by atoms with van der Waals surface area (Å²) in [6.07, 6.45) is -19.5. The van der Waals surface area contributed by atoms with Crippen molar-refractivity contribution >= 4 is 87.1 Å². The number of ether oxygens (including phenoxy) is 6. The van der Waals surface area contributed by atoms with Crippen molar-refractivity contribution in [1.82, 2.24) is 21.3 Å². The quantitative estimate of drug-likeness (QED) is 0.0401. The zero-order chi connectivity index (χ0) is 81.3. The highest BCUT2D eigenvalue weighted by Gasteiger charge is 2.52. The number of amides is 4. The van der Waals surface area contributed by atoms with Gasteiger partial charge in [0, 0.05) is 76.7 Å². The summed E-state index contributed by atoms with van der Waals surface area (Å²) in [7, 11) is 0. The molecule has 11 bridgehead atoms. The molecule has 2 saturated heterocycles. The molecule has 0 radical (unpaired) electrons. The topological polar surface area (TPSA) is 434 Å². The molecule has 7 aliphatic heterocycles. The number of nitrogens with one attached hydrogen (secondary N) is 4. The molecule has 0 spiro atoms. The number of thiocarbonyl (C=S) groups is 1. The number of Topliss-reactive ketones (excluding diaryl/α,β-unsaturated/α-hetero) is 2. The summed E-state index contributed by atoms with van der Waals surface area (Å²) in [5.74, 6) is -14.9. The van der Waals surface area contributed by atoms with E-state index in [-0.39, 0.29) is 84.2 Å². The number of benzene rings is 7. The number of aromatic hydroxyl groups is 3. The molecule has 7 aromatic rings. The van der Waals surface area contributed by atoms with Crippen LogP contribution in [-0.4, -0.2) is 165 Å². The van der Waals surface area contributed by atoms with Crippen LogP contribution in [-0.2, 0) is 49.5 Å². The van der Waals surface area contributed by atoms with E-state index in [2.05, 4.69) is 21.3 Å². The zero-order valence-corrected chi connectivity index (χ0v) is 65.0. The lowest BCUT2D eigenvalue weighted by Crippen LogP contribution is -2.65. The number of ketones is 2. The third-order valence-electron chi connectivity index (χ3n) is 21.4. The van der Waals surface area contributed by atoms with Gasteiger partial charge in [0.2, 0.25) is 35.7 Å². The van der Waals surface area contributed by atoms with Crippen molar-refractivity contribution in [3.8, 4) is 68.2 Å². The summed E-state index contributed by atoms with van der Waals surface area (Å²) in [5.41, 5.74) is 6.73. The summed E-state index contributed by atoms with van der Waals surface area (Å²) < 4.78 is 40.0. The van der Waals surface area contributed by atoms with Crippen LogP contribution in [0.4, 0.5) is 0 Å². The number of aliphatic hydroxyl groups is 7. The predicted octanol–water partition coefficient (Wildman–Crippen LogP) is 9.08. The number of carbonyl (C=O) groups excluding carboxylic acids is 6. The van der Waals surface area contributed by atoms with Crippen LogP contribution in [0.1, 0.15) is 137 Å². The number of nitrogens with two attached hydrogens (primary N) is 1. The third kappa shape index (κ3) is 18.4. The first-order valence-electron chi connectivity index (χ1n) is 36.8. The van der Waals surface area contributed by atoms with Gasteiger partial charge in [-0.15, -0.1) is 0 Å². The number of aliphatic hydroxyl groups excluding tert-OH is 7. The number of primary amides is 1. The molecule has 16 N–H and O–H groups in total. The van der Waals surface area contributed by atoms with Crippen LogP contribution in [0.5, 0.6) is 46.0 Å². The third-order valence-corrected chi connectivity index (χ3v) is 22.6. The van der Waals surface area contributed by atoms with Gasteiger partial charge < -0.3 is 106 Å². The summed E-state index contributed by atoms with van der Waals surface area (Å²) >= 11 is 27.1. The maximum absolute atomic E-state index is 15.8. The lowest BCUT2D eigenvalue weighted by atomic mass is 9.79. The molecule has 4 amide bonds. The number of phenols is 3. The van der Waals surface area contributed by atoms with E-state index in [0.717, 1.165) is 28.8 Å². The second kappa shape index (κ2) is 35.0. The van der Waals surface area contributed by atoms with E-state index in [9.17, 15) is 60.7 Å². The number of phenolic OH excluding ortho intramolecular Hbond substituents is 3. The number of hydrogen-bond donors (Lipinski definition) is 15. The molecule has 0 aromatic heterocycles. The molecule has 0 saturated carbocycles. The van der Waals surface area contributed by atoms with Crippen molar-refractivity contribution in [3.63, 3.8) is 0 Å². The zero-order valence-electron chi connectivity index (χ0n) is 61.9. The van der Waals surface area contributed by atoms with Gasteiger partial charge in [-0.05, 0) is 144 Å². The summed E-state index contributed by atoms with van der Waals surface area (Å²) in [6.45, 7) is 7.18. The number of halogens is 3. The number of carbonyl (C=O) groups is 6. The molecular formula is C82H88Cl3N5O22S. The van der Waals surface area contributed by atoms with Gasteiger partial charge in [-0.25, -0.2) is 0 Å². The molecule has 14 rings (SSSR count). The van der Waals surface area contributed by atoms with Crippen LogP contribution in [0, 0.1) is 23.7 Å². The first-order valence-corrected chi connectivity index (χ1v) is 38.4. The minimum atomic E-state index is -1.99. The highest BCUT2D eigenvalue weighted by molar-refractivity contribution is 7.80. The highest BCUT2D eigenvalue weighted by atomic mass is 35.5. The molecule has 18 atom stereocenters. The molecule has 0 aliphatic carbocycles. The Labute approximate surface area is 670 Å². The second-order valence-corrected chi connectivity index (χ2v) is 31.9. The van der Waals surface area contributed by atoms with Crippen LogP contribution in [0.25, 0.3) is 22.3 Å². The van der Waals surface area contributed by atoms with Crippen molar-refractivity contribution in [2.45, 2.75) is 171 Å². The molecule has 7 heterocycles. The van der Waals surface area contributed by atoms with E-state index in [0.29, 0.717) is 11.4 Å². The molecule has 7 aliphatic rings. The van der Waals surface area contributed by atoms with Crippen molar-refractivity contribution in [2.75, 3.05) is 13.2 Å². The van der Waals surface area contributed by atoms with Gasteiger partial charge >= 0.3 is 0 Å². The normalized spacial score (nSPS) is 27.8. The number of fused-ring (bicyclic) bond motifs is 15. The SMILES string of the molecule is CC(C)C[C@@H](C)C(=O)N[C@H]1C(=O)C[C@@H](CC(N)=O)C(=O)N[C@H]2C(=S)C[C@@H]3C(=O)C[C@H](C(=O)N[C@H](CO)c4cc(O)cc(O)c4-c4cc3ccc4O)[C@H](O)c3ccc(c(Cl)c3)Oc3cc2cc(c3OC2OC(CO)C(O)[C@H](O)[C@H]2O[C@H]2CC(C)(NCc3ccc(-c4ccc(Cl)cc4)cc3)[C@H](O)[C@H](C)O2)Oc2ccc(cc2Cl)[C@H]1O. The molecule has 31 heteroatoms. The van der Waals surface area contributed by atoms with Crippen LogP contribution < -0.4 is 41.2 Å². The Morgan fingerprint density at radius 1 is 0.690 bits per heavy atom. The van der Waals surface area contributed by atoms with E-state index in [1.54, 1.807) is 32.9 Å². The van der Waals surface area contributed by atoms with Gasteiger partial charge in [0.05, 0.1) is 65.5 Å². The van der Waals surface area contributed by atoms with Crippen molar-refractivity contribution in [1.29, 1.82) is 0 Å². The predicted molar refractivity (Wildman–Crippen MR) is 416 cm³/mol. The minimum Gasteiger partial charge on any atom is -0.508 e. The molecular weight excluding hydrogens is 1550 g/mol. The van der Waals surface area contributed by atoms with Crippen molar-refractivity contribution in [2.24, 2.45) is 29.4 Å². The van der Waals surface area contributed by atoms with Crippen LogP contribution >= 0.6 is 47.0 Å². The molecule has 7 aromatic carbocycles. The van der Waals surface area contributed by atoms with E-state index >= 15 is 19.2 Å². The highest BCUT2D eigenvalue weighted by Crippen LogP contribution is 2.51. The van der Waals surface area contributed by atoms with Gasteiger partial charge in [0.1, 0.15) is 65.0 Å². The Hall–Kier alpha value is -8.92. The first-order chi connectivity index (χ1) is 53.7. The smallest absolute Gasteiger partial charge is 0.230 e. The van der Waals surface area contributed by atoms with Crippen LogP contribution in [0.2, 0.25) is 15.1 Å². The van der Waals surface area contributed by atoms with Crippen LogP contribution in [0.3, 0.4) is 0 Å². The fourth-order valence-corrected chi connectivity index (χ4v) is 16.2. The second-order valence-electron chi connectivity index (χ2n) is 30.1. The molecule has 113 heavy (non-hydrogen) atoms. The average Bonchev–Trinajstić information content (AvgIpc) is 0.781. The molecule has 4 unspecified atom stereocenters. The van der Waals surface area contributed by atoms with E-state index in [1.165, 1.54) is 66.7 Å². The van der Waals surface area contributed by atoms with Gasteiger partial charge in [-0.3, -0.25) is 28.8 Å². The van der Waals surface area contributed by atoms with Gasteiger partial charge in [-0.1, -0.05) is 122 Å². The number of hydrogen-bond acceptors (Lipinski definition) is 24. The Balaban J connectivity index is 1.03. The fraction of sp³-hybridized carbons (Fsp3) is 0.402. The average molecular weight is 1630 g/mol. The van der Waals surface area contributed by atoms with Gasteiger partial charge in [-0.2, -0.15) is 0 Å². The monoisotopic (exact) mass is 1630 g/mol. The van der Waals surface area contributed by atoms with E-state index in [1.807, 2.05) is 50.2 Å². The number of rotatable bonds is 16. The maximum atomic E-state index is 15.8. The largest absolute Gasteiger partial charge is 0.508 e. The first kappa shape index (κ1) is 83.5. The molecule has 600 valence electrons. The fourth-order valence-electron chi connectivity index (χ4n) is 15.3. The summed E-state index contributed by atoms with van der Waals surface area (Å²) in [6, 6.07) is 26.3. The van der Waals surface area contributed by atoms with Gasteiger partial charge in [0.25, 0.3) is 0 Å². The van der Waals surface area contributed by atoms with Crippen LogP contribution in [0.15, 0.2) is 127 Å². The minimum absolute atomic E-state index is 0.00373. The Kier molecular flexibility index (Phi) is 25.9. The van der Waals surface area contributed by atoms with Crippen molar-refractivity contribution < 1.29 is 108 Å². The van der Waals surface area contributed by atoms with E-state index < -0.39 is 217 Å². The Bertz CT molecular complexity index is 4770. The lowest BCUT2D eigenvalue weighted by Gasteiger charge is -2.48. The maximum Gasteiger partial charge on any atom is 0.230 e. The standard InChI is InChI=1S/C82H88Cl3N5O22S/c1-36(2)20-37(3)78(104)90-70-59(97)24-46(27-66(86)98)79(105)89-69-45-25-62(108-60-18-13-43(22-53(60)84)71(99)52-30-57(95)49(31-65(69)113)42-12-17-56(94)51(21-42)68-50(28-48(93)29-58(68)96)55(34-91)88-80(52)106)75(63(26-45)109-61-19-14-44(72(70)100)23-54(61)85)112-81-76(74(102)73(101)64(35-92)110-81)111-67-32-82(5,77(103)38(4)107-67)87-33-39-6-8-40(9-7-39)41-10-15-47(83)16-11-41/h6-19,21-23,25-26,28-29,36-38,46,49,52,55,64,67,69-74,76-77,81,87,91-94,96,99-103H,20,24,27,30-35H2,1-5H3,(H2,86,98)(H,88,106)(H,89,105)(H,90,104)/t37-,38+,46+,49+,52+,55-,64?,67+,69-,70+,71-,72-,73?,74+,76-,77-,81?,82?/m1/s1.